The van der Waals surface area contributed by atoms with Crippen molar-refractivity contribution in [2.45, 2.75) is 0 Å². The maximum atomic E-state index is 12.5. The SMILES string of the molecule is COC(=O)Nc1nc2cc(C(=O)c3ccccc3)ccc2n1C. The van der Waals surface area contributed by atoms with E-state index in [-0.39, 0.29) is 5.78 Å². The summed E-state index contributed by atoms with van der Waals surface area (Å²) in [5.74, 6) is 0.289. The van der Waals surface area contributed by atoms with Crippen LogP contribution >= 0.6 is 0 Å². The lowest BCUT2D eigenvalue weighted by Gasteiger charge is -2.03. The van der Waals surface area contributed by atoms with Gasteiger partial charge in [-0.3, -0.25) is 10.1 Å². The summed E-state index contributed by atoms with van der Waals surface area (Å²) in [6.45, 7) is 0. The number of ketones is 1. The molecule has 23 heavy (non-hydrogen) atoms. The van der Waals surface area contributed by atoms with Crippen molar-refractivity contribution in [1.82, 2.24) is 9.55 Å². The molecule has 1 aromatic heterocycles. The number of ether oxygens (including phenoxy) is 1. The molecule has 0 spiro atoms. The predicted octanol–water partition coefficient (Wildman–Crippen LogP) is 2.98. The normalized spacial score (nSPS) is 10.5. The third-order valence-electron chi connectivity index (χ3n) is 3.58. The molecule has 0 aliphatic carbocycles. The van der Waals surface area contributed by atoms with E-state index in [0.717, 1.165) is 5.52 Å². The first-order valence-electron chi connectivity index (χ1n) is 7.01. The molecule has 6 heteroatoms. The van der Waals surface area contributed by atoms with Gasteiger partial charge in [0.05, 0.1) is 18.1 Å². The number of hydrogen-bond acceptors (Lipinski definition) is 4. The Hall–Kier alpha value is -3.15. The minimum absolute atomic E-state index is 0.0689. The third-order valence-corrected chi connectivity index (χ3v) is 3.58. The number of anilines is 1. The minimum atomic E-state index is -0.594. The van der Waals surface area contributed by atoms with Crippen LogP contribution in [0.15, 0.2) is 48.5 Å². The first-order valence-corrected chi connectivity index (χ1v) is 7.01. The van der Waals surface area contributed by atoms with E-state index in [2.05, 4.69) is 15.0 Å². The van der Waals surface area contributed by atoms with E-state index >= 15 is 0 Å². The number of carbonyl (C=O) groups is 2. The third kappa shape index (κ3) is 2.78. The maximum Gasteiger partial charge on any atom is 0.413 e. The number of aromatic nitrogens is 2. The molecule has 116 valence electrons. The Balaban J connectivity index is 1.99. The van der Waals surface area contributed by atoms with Crippen LogP contribution in [0.1, 0.15) is 15.9 Å². The van der Waals surface area contributed by atoms with E-state index in [1.165, 1.54) is 7.11 Å². The van der Waals surface area contributed by atoms with Crippen LogP contribution in [-0.4, -0.2) is 28.5 Å². The van der Waals surface area contributed by atoms with Crippen molar-refractivity contribution in [2.24, 2.45) is 7.05 Å². The summed E-state index contributed by atoms with van der Waals surface area (Å²) in [5, 5.41) is 2.54. The molecule has 1 N–H and O–H groups in total. The molecule has 0 unspecified atom stereocenters. The first kappa shape index (κ1) is 14.8. The van der Waals surface area contributed by atoms with Crippen molar-refractivity contribution < 1.29 is 14.3 Å². The number of benzene rings is 2. The van der Waals surface area contributed by atoms with Gasteiger partial charge in [0.2, 0.25) is 5.95 Å². The van der Waals surface area contributed by atoms with Crippen molar-refractivity contribution in [3.8, 4) is 0 Å². The molecule has 0 saturated carbocycles. The Morgan fingerprint density at radius 2 is 1.83 bits per heavy atom. The van der Waals surface area contributed by atoms with Gasteiger partial charge < -0.3 is 9.30 Å². The number of aryl methyl sites for hydroxylation is 1. The van der Waals surface area contributed by atoms with Crippen LogP contribution in [0.4, 0.5) is 10.7 Å². The van der Waals surface area contributed by atoms with Gasteiger partial charge in [-0.25, -0.2) is 9.78 Å². The van der Waals surface area contributed by atoms with Crippen LogP contribution in [-0.2, 0) is 11.8 Å². The van der Waals surface area contributed by atoms with E-state index in [1.807, 2.05) is 18.2 Å². The summed E-state index contributed by atoms with van der Waals surface area (Å²) in [4.78, 5) is 28.1. The molecule has 0 atom stereocenters. The molecular weight excluding hydrogens is 294 g/mol. The summed E-state index contributed by atoms with van der Waals surface area (Å²) in [6.07, 6.45) is -0.594. The van der Waals surface area contributed by atoms with Gasteiger partial charge in [-0.1, -0.05) is 30.3 Å². The van der Waals surface area contributed by atoms with Gasteiger partial charge >= 0.3 is 6.09 Å². The summed E-state index contributed by atoms with van der Waals surface area (Å²) in [6, 6.07) is 14.3. The second-order valence-corrected chi connectivity index (χ2v) is 5.01. The highest BCUT2D eigenvalue weighted by molar-refractivity contribution is 6.10. The van der Waals surface area contributed by atoms with E-state index in [9.17, 15) is 9.59 Å². The van der Waals surface area contributed by atoms with Gasteiger partial charge in [0.25, 0.3) is 0 Å². The predicted molar refractivity (Wildman–Crippen MR) is 86.6 cm³/mol. The summed E-state index contributed by atoms with van der Waals surface area (Å²) < 4.78 is 6.29. The van der Waals surface area contributed by atoms with Crippen molar-refractivity contribution in [1.29, 1.82) is 0 Å². The molecule has 1 heterocycles. The first-order chi connectivity index (χ1) is 11.1. The zero-order valence-electron chi connectivity index (χ0n) is 12.7. The molecule has 0 saturated heterocycles. The number of nitrogens with zero attached hydrogens (tertiary/aromatic N) is 2. The lowest BCUT2D eigenvalue weighted by atomic mass is 10.0. The molecule has 2 aromatic carbocycles. The van der Waals surface area contributed by atoms with Gasteiger partial charge in [0, 0.05) is 18.2 Å². The Morgan fingerprint density at radius 1 is 1.09 bits per heavy atom. The Morgan fingerprint density at radius 3 is 2.52 bits per heavy atom. The Kier molecular flexibility index (Phi) is 3.80. The zero-order valence-corrected chi connectivity index (χ0v) is 12.7. The van der Waals surface area contributed by atoms with Crippen LogP contribution < -0.4 is 5.32 Å². The highest BCUT2D eigenvalue weighted by Crippen LogP contribution is 2.21. The average Bonchev–Trinajstić information content (AvgIpc) is 2.90. The van der Waals surface area contributed by atoms with E-state index in [4.69, 9.17) is 0 Å². The fraction of sp³-hybridized carbons (Fsp3) is 0.118. The number of hydrogen-bond donors (Lipinski definition) is 1. The monoisotopic (exact) mass is 309 g/mol. The van der Waals surface area contributed by atoms with Crippen molar-refractivity contribution in [3.63, 3.8) is 0 Å². The summed E-state index contributed by atoms with van der Waals surface area (Å²) >= 11 is 0. The topological polar surface area (TPSA) is 73.2 Å². The number of imidazole rings is 1. The van der Waals surface area contributed by atoms with Gasteiger partial charge in [-0.2, -0.15) is 0 Å². The number of amides is 1. The standard InChI is InChI=1S/C17H15N3O3/c1-20-14-9-8-12(15(21)11-6-4-3-5-7-11)10-13(14)18-16(20)19-17(22)23-2/h3-10H,1-2H3,(H,18,19,22). The molecule has 0 aliphatic rings. The lowest BCUT2D eigenvalue weighted by Crippen LogP contribution is -2.14. The molecule has 6 nitrogen and oxygen atoms in total. The van der Waals surface area contributed by atoms with Crippen molar-refractivity contribution in [2.75, 3.05) is 12.4 Å². The van der Waals surface area contributed by atoms with Crippen molar-refractivity contribution in [3.05, 3.63) is 59.7 Å². The summed E-state index contributed by atoms with van der Waals surface area (Å²) in [5.41, 5.74) is 2.60. The number of carbonyl (C=O) groups excluding carboxylic acids is 2. The summed E-state index contributed by atoms with van der Waals surface area (Å²) in [7, 11) is 3.06. The average molecular weight is 309 g/mol. The van der Waals surface area contributed by atoms with Crippen molar-refractivity contribution >= 4 is 28.9 Å². The molecule has 0 bridgehead atoms. The molecule has 3 rings (SSSR count). The number of fused-ring (bicyclic) bond motifs is 1. The zero-order chi connectivity index (χ0) is 16.4. The number of methoxy groups -OCH3 is 1. The molecule has 1 amide bonds. The second kappa shape index (κ2) is 5.92. The lowest BCUT2D eigenvalue weighted by molar-refractivity contribution is 0.103. The van der Waals surface area contributed by atoms with Gasteiger partial charge in [-0.15, -0.1) is 0 Å². The van der Waals surface area contributed by atoms with Crippen LogP contribution in [0.5, 0.6) is 0 Å². The fourth-order valence-corrected chi connectivity index (χ4v) is 2.35. The van der Waals surface area contributed by atoms with Crippen LogP contribution in [0.2, 0.25) is 0 Å². The fourth-order valence-electron chi connectivity index (χ4n) is 2.35. The van der Waals surface area contributed by atoms with Gasteiger partial charge in [-0.05, 0) is 18.2 Å². The molecule has 0 aliphatic heterocycles. The Labute approximate surface area is 132 Å². The number of rotatable bonds is 3. The van der Waals surface area contributed by atoms with Crippen LogP contribution in [0.25, 0.3) is 11.0 Å². The quantitative estimate of drug-likeness (QED) is 0.755. The minimum Gasteiger partial charge on any atom is -0.453 e. The second-order valence-electron chi connectivity index (χ2n) is 5.01. The largest absolute Gasteiger partial charge is 0.453 e. The Bertz CT molecular complexity index is 885. The van der Waals surface area contributed by atoms with Gasteiger partial charge in [0.1, 0.15) is 0 Å². The van der Waals surface area contributed by atoms with E-state index in [1.54, 1.807) is 41.9 Å². The van der Waals surface area contributed by atoms with E-state index < -0.39 is 6.09 Å². The van der Waals surface area contributed by atoms with Crippen LogP contribution in [0, 0.1) is 0 Å². The molecule has 0 fully saturated rings. The van der Waals surface area contributed by atoms with Gasteiger partial charge in [0.15, 0.2) is 5.78 Å². The van der Waals surface area contributed by atoms with E-state index in [0.29, 0.717) is 22.6 Å². The highest BCUT2D eigenvalue weighted by atomic mass is 16.5. The number of nitrogens with one attached hydrogen (secondary N) is 1. The van der Waals surface area contributed by atoms with Crippen LogP contribution in [0.3, 0.4) is 0 Å². The molecule has 0 radical (unpaired) electrons. The highest BCUT2D eigenvalue weighted by Gasteiger charge is 2.14. The molecular formula is C17H15N3O3. The molecule has 3 aromatic rings. The smallest absolute Gasteiger partial charge is 0.413 e. The maximum absolute atomic E-state index is 12.5.